The molecule has 1 aliphatic heterocycles. The van der Waals surface area contributed by atoms with E-state index in [4.69, 9.17) is 4.74 Å². The number of halogens is 2. The third-order valence-corrected chi connectivity index (χ3v) is 6.67. The molecule has 2 atom stereocenters. The summed E-state index contributed by atoms with van der Waals surface area (Å²) in [5.74, 6) is -0.0616. The lowest BCUT2D eigenvalue weighted by atomic mass is 10.0. The van der Waals surface area contributed by atoms with E-state index >= 15 is 0 Å². The zero-order valence-corrected chi connectivity index (χ0v) is 19.6. The Bertz CT molecular complexity index is 1290. The standard InChI is InChI=1S/C25H27F2N5O3/c1-13-21(25(34)31-19-7-8-32(14(2)33)10-18(19)27)23-24(30-13)22(28-12-29-23)17-9-16(26)5-6-20(17)35-11-15-3-4-15/h5-6,9,12,15,18-19,30H,3-4,7-8,10-11H2,1-2H3,(H,31,34)/t18-,19-/m1/s1. The number of alkyl halides is 1. The predicted molar refractivity (Wildman–Crippen MR) is 125 cm³/mol. The molecule has 3 heterocycles. The number of aryl methyl sites for hydroxylation is 1. The van der Waals surface area contributed by atoms with Gasteiger partial charge in [0.1, 0.15) is 35.3 Å². The highest BCUT2D eigenvalue weighted by Crippen LogP contribution is 2.36. The van der Waals surface area contributed by atoms with E-state index in [1.165, 1.54) is 30.3 Å². The molecule has 2 aliphatic rings. The Hall–Kier alpha value is -3.56. The summed E-state index contributed by atoms with van der Waals surface area (Å²) in [6.07, 6.45) is 2.51. The highest BCUT2D eigenvalue weighted by atomic mass is 19.1. The van der Waals surface area contributed by atoms with Gasteiger partial charge in [0.15, 0.2) is 0 Å². The van der Waals surface area contributed by atoms with Crippen molar-refractivity contribution >= 4 is 22.8 Å². The molecule has 10 heteroatoms. The number of aromatic amines is 1. The van der Waals surface area contributed by atoms with E-state index in [0.29, 0.717) is 59.2 Å². The molecule has 1 saturated heterocycles. The summed E-state index contributed by atoms with van der Waals surface area (Å²) in [6.45, 7) is 4.00. The zero-order valence-electron chi connectivity index (χ0n) is 19.6. The number of hydrogen-bond acceptors (Lipinski definition) is 5. The highest BCUT2D eigenvalue weighted by molar-refractivity contribution is 6.09. The number of ether oxygens (including phenoxy) is 1. The molecule has 2 aromatic heterocycles. The van der Waals surface area contributed by atoms with Gasteiger partial charge in [-0.05, 0) is 50.3 Å². The molecule has 2 N–H and O–H groups in total. The van der Waals surface area contributed by atoms with Crippen LogP contribution < -0.4 is 10.1 Å². The minimum Gasteiger partial charge on any atom is -0.493 e. The number of nitrogens with one attached hydrogen (secondary N) is 2. The molecule has 35 heavy (non-hydrogen) atoms. The molecule has 1 aliphatic carbocycles. The SMILES string of the molecule is CC(=O)N1CC[C@@H](NC(=O)c2c(C)[nH]c3c(-c4cc(F)ccc4OCC4CC4)ncnc23)[C@H](F)C1. The molecule has 1 aromatic carbocycles. The maximum Gasteiger partial charge on any atom is 0.255 e. The van der Waals surface area contributed by atoms with Gasteiger partial charge in [-0.15, -0.1) is 0 Å². The van der Waals surface area contributed by atoms with Crippen molar-refractivity contribution in [3.05, 3.63) is 41.6 Å². The van der Waals surface area contributed by atoms with Crippen LogP contribution in [-0.2, 0) is 4.79 Å². The number of benzene rings is 1. The van der Waals surface area contributed by atoms with Gasteiger partial charge in [0, 0.05) is 24.7 Å². The first kappa shape index (κ1) is 23.2. The van der Waals surface area contributed by atoms with E-state index in [9.17, 15) is 18.4 Å². The molecular formula is C25H27F2N5O3. The minimum absolute atomic E-state index is 0.0529. The van der Waals surface area contributed by atoms with Crippen molar-refractivity contribution < 1.29 is 23.1 Å². The summed E-state index contributed by atoms with van der Waals surface area (Å²) in [4.78, 5) is 38.0. The molecule has 5 rings (SSSR count). The highest BCUT2D eigenvalue weighted by Gasteiger charge is 2.33. The Kier molecular flexibility index (Phi) is 6.12. The van der Waals surface area contributed by atoms with Gasteiger partial charge >= 0.3 is 0 Å². The second-order valence-electron chi connectivity index (χ2n) is 9.32. The second-order valence-corrected chi connectivity index (χ2v) is 9.32. The number of aromatic nitrogens is 3. The largest absolute Gasteiger partial charge is 0.493 e. The first-order chi connectivity index (χ1) is 16.8. The first-order valence-corrected chi connectivity index (χ1v) is 11.8. The Balaban J connectivity index is 1.45. The van der Waals surface area contributed by atoms with Crippen LogP contribution in [0.3, 0.4) is 0 Å². The van der Waals surface area contributed by atoms with Crippen molar-refractivity contribution in [2.75, 3.05) is 19.7 Å². The van der Waals surface area contributed by atoms with Gasteiger partial charge in [0.05, 0.1) is 30.3 Å². The fourth-order valence-corrected chi connectivity index (χ4v) is 4.50. The number of fused-ring (bicyclic) bond motifs is 1. The van der Waals surface area contributed by atoms with Crippen molar-refractivity contribution in [1.29, 1.82) is 0 Å². The summed E-state index contributed by atoms with van der Waals surface area (Å²) in [7, 11) is 0. The van der Waals surface area contributed by atoms with Crippen molar-refractivity contribution in [3.8, 4) is 17.0 Å². The van der Waals surface area contributed by atoms with Crippen molar-refractivity contribution in [1.82, 2.24) is 25.2 Å². The summed E-state index contributed by atoms with van der Waals surface area (Å²) < 4.78 is 34.8. The lowest BCUT2D eigenvalue weighted by molar-refractivity contribution is -0.131. The molecule has 3 aromatic rings. The van der Waals surface area contributed by atoms with E-state index < -0.39 is 23.9 Å². The Morgan fingerprint density at radius 1 is 1.26 bits per heavy atom. The van der Waals surface area contributed by atoms with Crippen LogP contribution in [0.1, 0.15) is 42.2 Å². The molecule has 2 fully saturated rings. The fraction of sp³-hybridized carbons (Fsp3) is 0.440. The van der Waals surface area contributed by atoms with Crippen LogP contribution in [0, 0.1) is 18.7 Å². The summed E-state index contributed by atoms with van der Waals surface area (Å²) >= 11 is 0. The van der Waals surface area contributed by atoms with E-state index in [1.54, 1.807) is 13.0 Å². The van der Waals surface area contributed by atoms with Gasteiger partial charge < -0.3 is 19.9 Å². The fourth-order valence-electron chi connectivity index (χ4n) is 4.50. The van der Waals surface area contributed by atoms with Gasteiger partial charge in [-0.1, -0.05) is 0 Å². The monoisotopic (exact) mass is 483 g/mol. The van der Waals surface area contributed by atoms with Crippen LogP contribution in [0.4, 0.5) is 8.78 Å². The number of amides is 2. The van der Waals surface area contributed by atoms with Crippen LogP contribution in [0.2, 0.25) is 0 Å². The zero-order chi connectivity index (χ0) is 24.7. The van der Waals surface area contributed by atoms with Crippen molar-refractivity contribution in [3.63, 3.8) is 0 Å². The number of nitrogens with zero attached hydrogens (tertiary/aromatic N) is 3. The minimum atomic E-state index is -1.37. The maximum absolute atomic E-state index is 14.7. The topological polar surface area (TPSA) is 100 Å². The molecule has 184 valence electrons. The number of rotatable bonds is 6. The van der Waals surface area contributed by atoms with Gasteiger partial charge in [-0.2, -0.15) is 0 Å². The van der Waals surface area contributed by atoms with Crippen LogP contribution in [-0.4, -0.2) is 63.6 Å². The van der Waals surface area contributed by atoms with Gasteiger partial charge in [-0.25, -0.2) is 18.7 Å². The third kappa shape index (κ3) is 4.69. The summed E-state index contributed by atoms with van der Waals surface area (Å²) in [5.41, 5.74) is 2.53. The molecule has 2 amide bonds. The number of hydrogen-bond donors (Lipinski definition) is 2. The predicted octanol–water partition coefficient (Wildman–Crippen LogP) is 3.55. The van der Waals surface area contributed by atoms with E-state index in [0.717, 1.165) is 12.8 Å². The first-order valence-electron chi connectivity index (χ1n) is 11.8. The van der Waals surface area contributed by atoms with Gasteiger partial charge in [0.2, 0.25) is 5.91 Å². The quantitative estimate of drug-likeness (QED) is 0.559. The second kappa shape index (κ2) is 9.24. The smallest absolute Gasteiger partial charge is 0.255 e. The van der Waals surface area contributed by atoms with E-state index in [2.05, 4.69) is 20.3 Å². The van der Waals surface area contributed by atoms with Gasteiger partial charge in [0.25, 0.3) is 5.91 Å². The normalized spacial score (nSPS) is 20.2. The van der Waals surface area contributed by atoms with Crippen LogP contribution >= 0.6 is 0 Å². The molecule has 8 nitrogen and oxygen atoms in total. The van der Waals surface area contributed by atoms with Crippen molar-refractivity contribution in [2.24, 2.45) is 5.92 Å². The number of H-pyrrole nitrogens is 1. The van der Waals surface area contributed by atoms with Crippen LogP contribution in [0.15, 0.2) is 24.5 Å². The average Bonchev–Trinajstić information content (AvgIpc) is 3.59. The maximum atomic E-state index is 14.7. The number of carbonyl (C=O) groups excluding carboxylic acids is 2. The number of likely N-dealkylation sites (tertiary alicyclic amines) is 1. The molecule has 0 spiro atoms. The van der Waals surface area contributed by atoms with Crippen LogP contribution in [0.25, 0.3) is 22.3 Å². The average molecular weight is 484 g/mol. The molecular weight excluding hydrogens is 456 g/mol. The number of piperidine rings is 1. The molecule has 0 bridgehead atoms. The number of carbonyl (C=O) groups is 2. The van der Waals surface area contributed by atoms with Crippen molar-refractivity contribution in [2.45, 2.75) is 45.3 Å². The lowest BCUT2D eigenvalue weighted by Crippen LogP contribution is -2.53. The van der Waals surface area contributed by atoms with E-state index in [1.807, 2.05) is 0 Å². The van der Waals surface area contributed by atoms with E-state index in [-0.39, 0.29) is 18.0 Å². The third-order valence-electron chi connectivity index (χ3n) is 6.67. The Morgan fingerprint density at radius 3 is 2.77 bits per heavy atom. The molecule has 0 unspecified atom stereocenters. The van der Waals surface area contributed by atoms with Crippen LogP contribution in [0.5, 0.6) is 5.75 Å². The summed E-state index contributed by atoms with van der Waals surface area (Å²) in [6, 6.07) is 3.57. The molecule has 0 radical (unpaired) electrons. The summed E-state index contributed by atoms with van der Waals surface area (Å²) in [5, 5.41) is 2.77. The Morgan fingerprint density at radius 2 is 2.06 bits per heavy atom. The Labute approximate surface area is 201 Å². The van der Waals surface area contributed by atoms with Gasteiger partial charge in [-0.3, -0.25) is 9.59 Å². The lowest BCUT2D eigenvalue weighted by Gasteiger charge is -2.34. The molecule has 1 saturated carbocycles.